The van der Waals surface area contributed by atoms with Gasteiger partial charge >= 0.3 is 0 Å². The van der Waals surface area contributed by atoms with E-state index < -0.39 is 5.60 Å². The first-order valence-corrected chi connectivity index (χ1v) is 13.6. The molecule has 2 unspecified atom stereocenters. The van der Waals surface area contributed by atoms with E-state index in [4.69, 9.17) is 14.5 Å². The third-order valence-corrected chi connectivity index (χ3v) is 7.93. The third kappa shape index (κ3) is 4.96. The second-order valence-electron chi connectivity index (χ2n) is 11.5. The van der Waals surface area contributed by atoms with E-state index in [0.29, 0.717) is 28.9 Å². The van der Waals surface area contributed by atoms with Gasteiger partial charge in [-0.2, -0.15) is 10.4 Å². The van der Waals surface area contributed by atoms with Gasteiger partial charge in [-0.3, -0.25) is 4.90 Å². The Morgan fingerprint density at radius 2 is 1.90 bits per heavy atom. The van der Waals surface area contributed by atoms with Crippen LogP contribution in [0.25, 0.3) is 16.6 Å². The molecule has 0 amide bonds. The van der Waals surface area contributed by atoms with E-state index in [9.17, 15) is 10.4 Å². The minimum absolute atomic E-state index is 0.133. The van der Waals surface area contributed by atoms with Crippen LogP contribution < -0.4 is 14.4 Å². The molecule has 9 nitrogen and oxygen atoms in total. The molecular weight excluding hydrogens is 504 g/mol. The molecule has 9 heteroatoms. The summed E-state index contributed by atoms with van der Waals surface area (Å²) in [4.78, 5) is 9.82. The molecule has 6 heterocycles. The Hall–Kier alpha value is -4.13. The van der Waals surface area contributed by atoms with Gasteiger partial charge in [0.15, 0.2) is 0 Å². The standard InChI is InChI=1S/C31H34N6O3/c1-20-9-26(39-4)7-5-22(20)15-36-24-10-25(36)17-35(16-24)29-8-6-21(13-33-29)28-11-27(40-19-31(2,3)38)18-37-30(28)23(12-32)14-34-37/h5-9,11,13-14,18,24-25,38H,10,15-17,19H2,1-4H3. The van der Waals surface area contributed by atoms with E-state index in [0.717, 1.165) is 42.3 Å². The molecule has 0 aliphatic carbocycles. The number of methoxy groups -OCH3 is 1. The molecule has 206 valence electrons. The van der Waals surface area contributed by atoms with Crippen molar-refractivity contribution in [3.05, 3.63) is 71.7 Å². The topological polar surface area (TPSA) is 99.1 Å². The van der Waals surface area contributed by atoms with Crippen LogP contribution in [0, 0.1) is 18.3 Å². The van der Waals surface area contributed by atoms with Crippen LogP contribution in [0.2, 0.25) is 0 Å². The highest BCUT2D eigenvalue weighted by Gasteiger charge is 2.44. The fraction of sp³-hybridized carbons (Fsp3) is 0.387. The van der Waals surface area contributed by atoms with Crippen LogP contribution in [0.4, 0.5) is 5.82 Å². The zero-order valence-electron chi connectivity index (χ0n) is 23.3. The lowest BCUT2D eigenvalue weighted by Gasteiger charge is -2.56. The number of piperazine rings is 1. The summed E-state index contributed by atoms with van der Waals surface area (Å²) in [5.41, 5.74) is 4.51. The van der Waals surface area contributed by atoms with Crippen LogP contribution in [0.5, 0.6) is 11.5 Å². The number of nitriles is 1. The average Bonchev–Trinajstić information content (AvgIpc) is 3.38. The Balaban J connectivity index is 1.19. The fourth-order valence-electron chi connectivity index (χ4n) is 5.77. The highest BCUT2D eigenvalue weighted by atomic mass is 16.5. The average molecular weight is 539 g/mol. The third-order valence-electron chi connectivity index (χ3n) is 7.93. The van der Waals surface area contributed by atoms with Gasteiger partial charge in [0, 0.05) is 49.0 Å². The summed E-state index contributed by atoms with van der Waals surface area (Å²) in [5, 5.41) is 24.1. The maximum absolute atomic E-state index is 10.1. The summed E-state index contributed by atoms with van der Waals surface area (Å²) >= 11 is 0. The smallest absolute Gasteiger partial charge is 0.138 e. The number of aliphatic hydroxyl groups is 1. The summed E-state index contributed by atoms with van der Waals surface area (Å²) in [5.74, 6) is 2.42. The molecule has 7 rings (SSSR count). The van der Waals surface area contributed by atoms with Crippen LogP contribution in [0.3, 0.4) is 0 Å². The van der Waals surface area contributed by atoms with Gasteiger partial charge in [0.25, 0.3) is 0 Å². The van der Waals surface area contributed by atoms with Crippen molar-refractivity contribution in [1.82, 2.24) is 19.5 Å². The van der Waals surface area contributed by atoms with Crippen molar-refractivity contribution >= 4 is 11.3 Å². The predicted molar refractivity (Wildman–Crippen MR) is 153 cm³/mol. The number of pyridine rings is 2. The largest absolute Gasteiger partial charge is 0.497 e. The van der Waals surface area contributed by atoms with E-state index in [2.05, 4.69) is 46.1 Å². The van der Waals surface area contributed by atoms with Gasteiger partial charge in [-0.25, -0.2) is 9.50 Å². The summed E-state index contributed by atoms with van der Waals surface area (Å²) in [7, 11) is 1.71. The molecule has 3 aliphatic heterocycles. The van der Waals surface area contributed by atoms with Crippen molar-refractivity contribution in [2.24, 2.45) is 0 Å². The van der Waals surface area contributed by atoms with Gasteiger partial charge in [-0.05, 0) is 68.7 Å². The Morgan fingerprint density at radius 1 is 1.10 bits per heavy atom. The monoisotopic (exact) mass is 538 g/mol. The number of rotatable bonds is 8. The molecule has 1 aromatic carbocycles. The molecule has 4 aromatic rings. The number of piperidine rings is 1. The van der Waals surface area contributed by atoms with E-state index >= 15 is 0 Å². The van der Waals surface area contributed by atoms with E-state index in [1.54, 1.807) is 37.9 Å². The highest BCUT2D eigenvalue weighted by molar-refractivity contribution is 5.85. The second kappa shape index (κ2) is 10.1. The molecule has 40 heavy (non-hydrogen) atoms. The molecule has 0 spiro atoms. The van der Waals surface area contributed by atoms with Gasteiger partial charge in [0.2, 0.25) is 0 Å². The number of hydrogen-bond acceptors (Lipinski definition) is 8. The number of benzene rings is 1. The summed E-state index contributed by atoms with van der Waals surface area (Å²) in [6.45, 7) is 8.53. The van der Waals surface area contributed by atoms with E-state index in [1.165, 1.54) is 17.5 Å². The Labute approximate surface area is 234 Å². The zero-order chi connectivity index (χ0) is 28.0. The van der Waals surface area contributed by atoms with Crippen molar-refractivity contribution in [3.63, 3.8) is 0 Å². The first kappa shape index (κ1) is 26.1. The van der Waals surface area contributed by atoms with Crippen LogP contribution in [0.1, 0.15) is 37.0 Å². The molecule has 3 fully saturated rings. The van der Waals surface area contributed by atoms with Crippen molar-refractivity contribution < 1.29 is 14.6 Å². The van der Waals surface area contributed by atoms with Crippen molar-refractivity contribution in [3.8, 4) is 28.7 Å². The summed E-state index contributed by atoms with van der Waals surface area (Å²) in [6.07, 6.45) is 6.36. The maximum atomic E-state index is 10.1. The highest BCUT2D eigenvalue weighted by Crippen LogP contribution is 2.37. The molecular formula is C31H34N6O3. The van der Waals surface area contributed by atoms with Crippen LogP contribution in [-0.4, -0.2) is 69.1 Å². The lowest BCUT2D eigenvalue weighted by molar-refractivity contribution is -0.00882. The first-order chi connectivity index (χ1) is 19.2. The predicted octanol–water partition coefficient (Wildman–Crippen LogP) is 4.20. The second-order valence-corrected chi connectivity index (χ2v) is 11.5. The van der Waals surface area contributed by atoms with Gasteiger partial charge in [0.1, 0.15) is 30.0 Å². The first-order valence-electron chi connectivity index (χ1n) is 13.6. The van der Waals surface area contributed by atoms with Gasteiger partial charge in [-0.1, -0.05) is 6.07 Å². The van der Waals surface area contributed by atoms with Gasteiger partial charge < -0.3 is 19.5 Å². The van der Waals surface area contributed by atoms with Crippen molar-refractivity contribution in [1.29, 1.82) is 5.26 Å². The number of ether oxygens (including phenoxy) is 2. The Kier molecular flexibility index (Phi) is 6.61. The van der Waals surface area contributed by atoms with Crippen LogP contribution >= 0.6 is 0 Å². The molecule has 2 atom stereocenters. The molecule has 0 saturated carbocycles. The molecule has 3 aliphatic rings. The maximum Gasteiger partial charge on any atom is 0.138 e. The minimum atomic E-state index is -0.974. The van der Waals surface area contributed by atoms with Crippen LogP contribution in [-0.2, 0) is 6.54 Å². The SMILES string of the molecule is COc1ccc(CN2C3CC2CN(c2ccc(-c4cc(OCC(C)(C)O)cn5ncc(C#N)c45)cn2)C3)c(C)c1. The van der Waals surface area contributed by atoms with Crippen LogP contribution in [0.15, 0.2) is 55.0 Å². The molecule has 3 aromatic heterocycles. The molecule has 3 saturated heterocycles. The normalized spacial score (nSPS) is 18.9. The lowest BCUT2D eigenvalue weighted by atomic mass is 9.86. The van der Waals surface area contributed by atoms with E-state index in [1.807, 2.05) is 24.4 Å². The number of anilines is 1. The minimum Gasteiger partial charge on any atom is -0.497 e. The quantitative estimate of drug-likeness (QED) is 0.357. The summed E-state index contributed by atoms with van der Waals surface area (Å²) in [6, 6.07) is 15.6. The van der Waals surface area contributed by atoms with Crippen molar-refractivity contribution in [2.45, 2.75) is 51.4 Å². The number of aryl methyl sites for hydroxylation is 1. The molecule has 1 N–H and O–H groups in total. The Bertz CT molecular complexity index is 1570. The van der Waals surface area contributed by atoms with Crippen molar-refractivity contribution in [2.75, 3.05) is 31.7 Å². The zero-order valence-corrected chi connectivity index (χ0v) is 23.3. The van der Waals surface area contributed by atoms with Gasteiger partial charge in [0.05, 0.1) is 36.2 Å². The number of nitrogens with zero attached hydrogens (tertiary/aromatic N) is 6. The van der Waals surface area contributed by atoms with E-state index in [-0.39, 0.29) is 6.61 Å². The number of aromatic nitrogens is 3. The fourth-order valence-corrected chi connectivity index (χ4v) is 5.77. The Morgan fingerprint density at radius 3 is 2.55 bits per heavy atom. The molecule has 0 radical (unpaired) electrons. The molecule has 2 bridgehead atoms. The number of hydrogen-bond donors (Lipinski definition) is 1. The van der Waals surface area contributed by atoms with Gasteiger partial charge in [-0.15, -0.1) is 0 Å². The summed E-state index contributed by atoms with van der Waals surface area (Å²) < 4.78 is 12.9. The number of fused-ring (bicyclic) bond motifs is 3. The lowest BCUT2D eigenvalue weighted by Crippen LogP contribution is -2.68.